The van der Waals surface area contributed by atoms with Crippen LogP contribution in [0.15, 0.2) is 47.2 Å². The van der Waals surface area contributed by atoms with Crippen LogP contribution in [0, 0.1) is 5.92 Å². The molecule has 5 nitrogen and oxygen atoms in total. The van der Waals surface area contributed by atoms with Crippen LogP contribution in [0.2, 0.25) is 0 Å². The molecule has 1 aromatic carbocycles. The Morgan fingerprint density at radius 3 is 2.52 bits per heavy atom. The molecule has 2 heterocycles. The van der Waals surface area contributed by atoms with Gasteiger partial charge in [0.15, 0.2) is 0 Å². The second-order valence-corrected chi connectivity index (χ2v) is 8.70. The summed E-state index contributed by atoms with van der Waals surface area (Å²) in [5.41, 5.74) is 2.43. The Balaban J connectivity index is 1.41. The zero-order chi connectivity index (χ0) is 20.6. The molecule has 29 heavy (non-hydrogen) atoms. The van der Waals surface area contributed by atoms with E-state index in [2.05, 4.69) is 39.2 Å². The first-order valence-electron chi connectivity index (χ1n) is 10.3. The van der Waals surface area contributed by atoms with Crippen molar-refractivity contribution in [1.29, 1.82) is 0 Å². The molecule has 1 aliphatic heterocycles. The van der Waals surface area contributed by atoms with Crippen molar-refractivity contribution in [2.75, 3.05) is 33.7 Å². The first-order valence-corrected chi connectivity index (χ1v) is 11.3. The minimum absolute atomic E-state index is 0.00143. The predicted molar refractivity (Wildman–Crippen MR) is 118 cm³/mol. The van der Waals surface area contributed by atoms with E-state index in [1.165, 1.54) is 11.1 Å². The number of likely N-dealkylation sites (N-methyl/N-ethyl adjacent to an activating group) is 1. The van der Waals surface area contributed by atoms with E-state index in [9.17, 15) is 9.59 Å². The van der Waals surface area contributed by atoms with Crippen LogP contribution in [0.3, 0.4) is 0 Å². The van der Waals surface area contributed by atoms with Gasteiger partial charge in [-0.3, -0.25) is 9.59 Å². The van der Waals surface area contributed by atoms with Crippen molar-refractivity contribution in [2.24, 2.45) is 5.92 Å². The number of aryl methyl sites for hydroxylation is 1. The fraction of sp³-hybridized carbons (Fsp3) is 0.478. The van der Waals surface area contributed by atoms with E-state index in [0.29, 0.717) is 26.1 Å². The lowest BCUT2D eigenvalue weighted by atomic mass is 9.95. The summed E-state index contributed by atoms with van der Waals surface area (Å²) in [6.07, 6.45) is 2.79. The van der Waals surface area contributed by atoms with E-state index in [1.807, 2.05) is 37.2 Å². The Hall–Kier alpha value is -2.18. The molecule has 1 atom stereocenters. The molecule has 0 saturated carbocycles. The maximum atomic E-state index is 12.7. The molecule has 1 unspecified atom stereocenters. The molecule has 0 aliphatic carbocycles. The highest BCUT2D eigenvalue weighted by molar-refractivity contribution is 7.07. The van der Waals surface area contributed by atoms with E-state index in [0.717, 1.165) is 19.3 Å². The molecule has 156 valence electrons. The third-order valence-electron chi connectivity index (χ3n) is 5.71. The number of nitrogens with one attached hydrogen (secondary N) is 1. The number of thiophene rings is 1. The van der Waals surface area contributed by atoms with Crippen molar-refractivity contribution in [3.63, 3.8) is 0 Å². The second-order valence-electron chi connectivity index (χ2n) is 7.92. The number of carbonyl (C=O) groups excluding carboxylic acids is 2. The first kappa shape index (κ1) is 21.5. The van der Waals surface area contributed by atoms with Crippen LogP contribution in [-0.4, -0.2) is 55.3 Å². The molecule has 2 aromatic rings. The molecule has 1 aromatic heterocycles. The molecule has 3 rings (SSSR count). The predicted octanol–water partition coefficient (Wildman–Crippen LogP) is 3.34. The summed E-state index contributed by atoms with van der Waals surface area (Å²) in [6, 6.07) is 12.4. The monoisotopic (exact) mass is 413 g/mol. The van der Waals surface area contributed by atoms with Crippen LogP contribution < -0.4 is 5.32 Å². The van der Waals surface area contributed by atoms with Crippen LogP contribution in [0.5, 0.6) is 0 Å². The van der Waals surface area contributed by atoms with Crippen molar-refractivity contribution in [2.45, 2.75) is 31.7 Å². The zero-order valence-corrected chi connectivity index (χ0v) is 18.2. The molecule has 2 amide bonds. The van der Waals surface area contributed by atoms with Gasteiger partial charge in [-0.05, 0) is 61.3 Å². The Morgan fingerprint density at radius 2 is 1.90 bits per heavy atom. The Morgan fingerprint density at radius 1 is 1.17 bits per heavy atom. The van der Waals surface area contributed by atoms with Gasteiger partial charge in [0.25, 0.3) is 0 Å². The van der Waals surface area contributed by atoms with Crippen molar-refractivity contribution in [3.05, 3.63) is 58.3 Å². The van der Waals surface area contributed by atoms with Crippen molar-refractivity contribution >= 4 is 23.2 Å². The third-order valence-corrected chi connectivity index (χ3v) is 6.41. The standard InChI is InChI=1S/C23H31N3O2S/c1-25(2)21(20-12-15-29-17-20)16-24-23(28)19-10-13-26(14-11-19)22(27)9-8-18-6-4-3-5-7-18/h3-7,12,15,17,19,21H,8-11,13-14,16H2,1-2H3,(H,24,28). The van der Waals surface area contributed by atoms with Gasteiger partial charge in [0.2, 0.25) is 11.8 Å². The van der Waals surface area contributed by atoms with Gasteiger partial charge in [0.1, 0.15) is 0 Å². The van der Waals surface area contributed by atoms with Gasteiger partial charge in [-0.2, -0.15) is 11.3 Å². The number of rotatable bonds is 8. The van der Waals surface area contributed by atoms with Crippen LogP contribution in [0.1, 0.15) is 36.4 Å². The normalized spacial score (nSPS) is 16.0. The molecule has 1 N–H and O–H groups in total. The molecule has 6 heteroatoms. The molecular weight excluding hydrogens is 382 g/mol. The van der Waals surface area contributed by atoms with Crippen molar-refractivity contribution in [3.8, 4) is 0 Å². The number of amides is 2. The molecule has 1 saturated heterocycles. The van der Waals surface area contributed by atoms with Crippen LogP contribution in [-0.2, 0) is 16.0 Å². The molecule has 1 aliphatic rings. The summed E-state index contributed by atoms with van der Waals surface area (Å²) in [5.74, 6) is 0.305. The molecule has 0 bridgehead atoms. The Labute approximate surface area is 177 Å². The van der Waals surface area contributed by atoms with Crippen molar-refractivity contribution in [1.82, 2.24) is 15.1 Å². The van der Waals surface area contributed by atoms with Crippen molar-refractivity contribution < 1.29 is 9.59 Å². The van der Waals surface area contributed by atoms with Gasteiger partial charge in [-0.25, -0.2) is 0 Å². The maximum absolute atomic E-state index is 12.7. The highest BCUT2D eigenvalue weighted by Gasteiger charge is 2.27. The lowest BCUT2D eigenvalue weighted by Gasteiger charge is -2.32. The Kier molecular flexibility index (Phi) is 7.83. The van der Waals surface area contributed by atoms with E-state index < -0.39 is 0 Å². The van der Waals surface area contributed by atoms with Gasteiger partial charge in [-0.15, -0.1) is 0 Å². The SMILES string of the molecule is CN(C)C(CNC(=O)C1CCN(C(=O)CCc2ccccc2)CC1)c1ccsc1. The smallest absolute Gasteiger partial charge is 0.223 e. The maximum Gasteiger partial charge on any atom is 0.223 e. The van der Waals surface area contributed by atoms with Gasteiger partial charge in [0, 0.05) is 32.0 Å². The average molecular weight is 414 g/mol. The number of carbonyl (C=O) groups is 2. The average Bonchev–Trinajstić information content (AvgIpc) is 3.27. The van der Waals surface area contributed by atoms with Crippen LogP contribution in [0.25, 0.3) is 0 Å². The van der Waals surface area contributed by atoms with E-state index in [4.69, 9.17) is 0 Å². The number of likely N-dealkylation sites (tertiary alicyclic amines) is 1. The number of piperidine rings is 1. The zero-order valence-electron chi connectivity index (χ0n) is 17.3. The fourth-order valence-electron chi connectivity index (χ4n) is 3.85. The largest absolute Gasteiger partial charge is 0.354 e. The summed E-state index contributed by atoms with van der Waals surface area (Å²) >= 11 is 1.68. The van der Waals surface area contributed by atoms with Gasteiger partial charge < -0.3 is 15.1 Å². The van der Waals surface area contributed by atoms with E-state index in [-0.39, 0.29) is 23.8 Å². The molecule has 1 fully saturated rings. The first-order chi connectivity index (χ1) is 14.0. The van der Waals surface area contributed by atoms with E-state index >= 15 is 0 Å². The minimum Gasteiger partial charge on any atom is -0.354 e. The number of nitrogens with zero attached hydrogens (tertiary/aromatic N) is 2. The Bertz CT molecular complexity index is 769. The molecular formula is C23H31N3O2S. The summed E-state index contributed by atoms with van der Waals surface area (Å²) in [4.78, 5) is 29.2. The fourth-order valence-corrected chi connectivity index (χ4v) is 4.56. The highest BCUT2D eigenvalue weighted by atomic mass is 32.1. The topological polar surface area (TPSA) is 52.7 Å². The third kappa shape index (κ3) is 6.15. The van der Waals surface area contributed by atoms with Crippen LogP contribution >= 0.6 is 11.3 Å². The van der Waals surface area contributed by atoms with Crippen LogP contribution in [0.4, 0.5) is 0 Å². The van der Waals surface area contributed by atoms with Gasteiger partial charge in [0.05, 0.1) is 6.04 Å². The lowest BCUT2D eigenvalue weighted by Crippen LogP contribution is -2.44. The number of benzene rings is 1. The summed E-state index contributed by atoms with van der Waals surface area (Å²) in [7, 11) is 4.07. The minimum atomic E-state index is -0.00143. The molecule has 0 spiro atoms. The molecule has 0 radical (unpaired) electrons. The van der Waals surface area contributed by atoms with Gasteiger partial charge >= 0.3 is 0 Å². The second kappa shape index (κ2) is 10.6. The summed E-state index contributed by atoms with van der Waals surface area (Å²) in [5, 5.41) is 7.34. The van der Waals surface area contributed by atoms with Gasteiger partial charge in [-0.1, -0.05) is 30.3 Å². The summed E-state index contributed by atoms with van der Waals surface area (Å²) in [6.45, 7) is 1.96. The number of hydrogen-bond donors (Lipinski definition) is 1. The lowest BCUT2D eigenvalue weighted by molar-refractivity contribution is -0.135. The van der Waals surface area contributed by atoms with E-state index in [1.54, 1.807) is 11.3 Å². The number of hydrogen-bond acceptors (Lipinski definition) is 4. The highest BCUT2D eigenvalue weighted by Crippen LogP contribution is 2.22. The summed E-state index contributed by atoms with van der Waals surface area (Å²) < 4.78 is 0. The quantitative estimate of drug-likeness (QED) is 0.722.